The fraction of sp³-hybridized carbons (Fsp3) is 0.118. The maximum Gasteiger partial charge on any atom is 0.323 e. The summed E-state index contributed by atoms with van der Waals surface area (Å²) in [6.07, 6.45) is 1.83. The van der Waals surface area contributed by atoms with Crippen LogP contribution in [0.15, 0.2) is 59.6 Å². The van der Waals surface area contributed by atoms with E-state index in [1.165, 1.54) is 24.3 Å². The molecule has 3 aromatic rings. The van der Waals surface area contributed by atoms with E-state index in [1.54, 1.807) is 6.07 Å². The normalized spacial score (nSPS) is 11.3. The molecule has 8 heteroatoms. The minimum atomic E-state index is -2.27. The van der Waals surface area contributed by atoms with Crippen LogP contribution in [0.25, 0.3) is 10.9 Å². The zero-order valence-corrected chi connectivity index (χ0v) is 14.6. The number of fused-ring (bicyclic) bond motifs is 1. The molecule has 0 bridgehead atoms. The number of urea groups is 1. The standard InChI is InChI=1S/C15H13N3O3S.C2H7N/c19-15(17-11-3-5-13(6-4-11)22(20)21)18-12-2-1-10-7-8-16-14(10)9-12;1-3-2/h1-9,16H,(H,20,21)(H2,17,18,19);3H,1-2H3/p-1. The molecule has 0 fully saturated rings. The highest BCUT2D eigenvalue weighted by atomic mass is 32.2. The van der Waals surface area contributed by atoms with Gasteiger partial charge in [-0.1, -0.05) is 6.07 Å². The summed E-state index contributed by atoms with van der Waals surface area (Å²) >= 11 is -2.27. The summed E-state index contributed by atoms with van der Waals surface area (Å²) in [6, 6.07) is 13.0. The van der Waals surface area contributed by atoms with Crippen LogP contribution in [0.3, 0.4) is 0 Å². The lowest BCUT2D eigenvalue weighted by Gasteiger charge is -2.09. The first-order valence-corrected chi connectivity index (χ1v) is 8.54. The highest BCUT2D eigenvalue weighted by Gasteiger charge is 2.04. The van der Waals surface area contributed by atoms with E-state index in [0.29, 0.717) is 11.4 Å². The van der Waals surface area contributed by atoms with Crippen molar-refractivity contribution < 1.29 is 13.6 Å². The van der Waals surface area contributed by atoms with Crippen LogP contribution in [0, 0.1) is 0 Å². The van der Waals surface area contributed by atoms with Gasteiger partial charge in [-0.05, 0) is 73.0 Å². The number of benzene rings is 2. The van der Waals surface area contributed by atoms with Gasteiger partial charge in [-0.3, -0.25) is 4.21 Å². The van der Waals surface area contributed by atoms with Crippen molar-refractivity contribution in [1.82, 2.24) is 10.3 Å². The third-order valence-corrected chi connectivity index (χ3v) is 3.77. The second-order valence-corrected chi connectivity index (χ2v) is 6.06. The number of hydrogen-bond donors (Lipinski definition) is 4. The van der Waals surface area contributed by atoms with Gasteiger partial charge in [0.05, 0.1) is 0 Å². The van der Waals surface area contributed by atoms with Crippen molar-refractivity contribution in [2.75, 3.05) is 24.7 Å². The van der Waals surface area contributed by atoms with E-state index in [0.717, 1.165) is 10.9 Å². The van der Waals surface area contributed by atoms with Gasteiger partial charge < -0.3 is 25.5 Å². The van der Waals surface area contributed by atoms with E-state index in [4.69, 9.17) is 0 Å². The quantitative estimate of drug-likeness (QED) is 0.539. The zero-order valence-electron chi connectivity index (χ0n) is 13.8. The second kappa shape index (κ2) is 8.97. The zero-order chi connectivity index (χ0) is 18.2. The summed E-state index contributed by atoms with van der Waals surface area (Å²) in [4.78, 5) is 15.2. The Labute approximate surface area is 148 Å². The first kappa shape index (κ1) is 18.7. The third-order valence-electron chi connectivity index (χ3n) is 3.12. The molecule has 1 unspecified atom stereocenters. The monoisotopic (exact) mass is 359 g/mol. The van der Waals surface area contributed by atoms with Gasteiger partial charge in [0, 0.05) is 28.0 Å². The molecule has 7 nitrogen and oxygen atoms in total. The SMILES string of the molecule is CNC.O=C(Nc1ccc(S(=O)[O-])cc1)Nc1ccc2cc[nH]c2c1. The highest BCUT2D eigenvalue weighted by molar-refractivity contribution is 7.79. The predicted octanol–water partition coefficient (Wildman–Crippen LogP) is 2.89. The van der Waals surface area contributed by atoms with Crippen molar-refractivity contribution in [2.24, 2.45) is 0 Å². The van der Waals surface area contributed by atoms with E-state index in [9.17, 15) is 13.6 Å². The number of hydrogen-bond acceptors (Lipinski definition) is 4. The number of rotatable bonds is 3. The maximum atomic E-state index is 11.9. The Morgan fingerprint density at radius 2 is 1.60 bits per heavy atom. The van der Waals surface area contributed by atoms with Gasteiger partial charge in [0.15, 0.2) is 0 Å². The highest BCUT2D eigenvalue weighted by Crippen LogP contribution is 2.18. The van der Waals surface area contributed by atoms with Crippen molar-refractivity contribution >= 4 is 39.4 Å². The smallest absolute Gasteiger partial charge is 0.323 e. The molecule has 3 rings (SSSR count). The molecule has 1 aromatic heterocycles. The lowest BCUT2D eigenvalue weighted by molar-refractivity contribution is 0.262. The van der Waals surface area contributed by atoms with Crippen LogP contribution < -0.4 is 16.0 Å². The summed E-state index contributed by atoms with van der Waals surface area (Å²) in [5.74, 6) is 0. The summed E-state index contributed by atoms with van der Waals surface area (Å²) in [5, 5.41) is 9.17. The molecule has 0 saturated heterocycles. The Morgan fingerprint density at radius 3 is 2.24 bits per heavy atom. The molecule has 0 aliphatic heterocycles. The molecule has 2 aromatic carbocycles. The minimum Gasteiger partial charge on any atom is -0.768 e. The fourth-order valence-electron chi connectivity index (χ4n) is 2.07. The van der Waals surface area contributed by atoms with Gasteiger partial charge in [-0.25, -0.2) is 4.79 Å². The number of amides is 2. The van der Waals surface area contributed by atoms with Gasteiger partial charge in [0.2, 0.25) is 0 Å². The number of carbonyl (C=O) groups is 1. The molecule has 0 saturated carbocycles. The molecule has 1 heterocycles. The first-order chi connectivity index (χ1) is 12.0. The molecule has 0 aliphatic carbocycles. The van der Waals surface area contributed by atoms with Crippen molar-refractivity contribution in [1.29, 1.82) is 0 Å². The van der Waals surface area contributed by atoms with E-state index in [1.807, 2.05) is 38.5 Å². The first-order valence-electron chi connectivity index (χ1n) is 7.46. The number of nitrogens with one attached hydrogen (secondary N) is 4. The van der Waals surface area contributed by atoms with Crippen LogP contribution >= 0.6 is 0 Å². The van der Waals surface area contributed by atoms with E-state index < -0.39 is 17.1 Å². The van der Waals surface area contributed by atoms with Crippen LogP contribution in [0.4, 0.5) is 16.2 Å². The number of aromatic amines is 1. The lowest BCUT2D eigenvalue weighted by Crippen LogP contribution is -2.19. The fourth-order valence-corrected chi connectivity index (χ4v) is 2.43. The van der Waals surface area contributed by atoms with Crippen LogP contribution in [-0.4, -0.2) is 33.9 Å². The van der Waals surface area contributed by atoms with E-state index in [2.05, 4.69) is 20.9 Å². The molecule has 132 valence electrons. The maximum absolute atomic E-state index is 11.9. The number of H-pyrrole nitrogens is 1. The van der Waals surface area contributed by atoms with Gasteiger partial charge >= 0.3 is 6.03 Å². The van der Waals surface area contributed by atoms with Crippen molar-refractivity contribution in [3.63, 3.8) is 0 Å². The Kier molecular flexibility index (Phi) is 6.70. The number of aromatic nitrogens is 1. The minimum absolute atomic E-state index is 0.170. The molecule has 0 spiro atoms. The molecule has 1 atom stereocenters. The molecule has 4 N–H and O–H groups in total. The Balaban J connectivity index is 0.000000701. The predicted molar refractivity (Wildman–Crippen MR) is 99.6 cm³/mol. The van der Waals surface area contributed by atoms with Crippen LogP contribution in [0.5, 0.6) is 0 Å². The van der Waals surface area contributed by atoms with Crippen LogP contribution in [0.2, 0.25) is 0 Å². The van der Waals surface area contributed by atoms with E-state index >= 15 is 0 Å². The Hall–Kier alpha value is -2.68. The number of carbonyl (C=O) groups excluding carboxylic acids is 1. The largest absolute Gasteiger partial charge is 0.768 e. The van der Waals surface area contributed by atoms with E-state index in [-0.39, 0.29) is 4.90 Å². The molecule has 0 radical (unpaired) electrons. The molecular weight excluding hydrogens is 340 g/mol. The van der Waals surface area contributed by atoms with Crippen molar-refractivity contribution in [2.45, 2.75) is 4.90 Å². The number of anilines is 2. The second-order valence-electron chi connectivity index (χ2n) is 5.12. The Bertz CT molecular complexity index is 862. The Morgan fingerprint density at radius 1 is 1.00 bits per heavy atom. The third kappa shape index (κ3) is 5.42. The van der Waals surface area contributed by atoms with Gasteiger partial charge in [-0.15, -0.1) is 0 Å². The van der Waals surface area contributed by atoms with Crippen molar-refractivity contribution in [3.05, 3.63) is 54.7 Å². The van der Waals surface area contributed by atoms with Gasteiger partial charge in [0.25, 0.3) is 0 Å². The molecule has 25 heavy (non-hydrogen) atoms. The molecular formula is C17H19N4O3S-. The average molecular weight is 359 g/mol. The summed E-state index contributed by atoms with van der Waals surface area (Å²) in [6.45, 7) is 0. The summed E-state index contributed by atoms with van der Waals surface area (Å²) in [5.41, 5.74) is 2.09. The van der Waals surface area contributed by atoms with Crippen LogP contribution in [0.1, 0.15) is 0 Å². The average Bonchev–Trinajstić information content (AvgIpc) is 3.03. The van der Waals surface area contributed by atoms with Gasteiger partial charge in [-0.2, -0.15) is 0 Å². The summed E-state index contributed by atoms with van der Waals surface area (Å²) < 4.78 is 21.5. The van der Waals surface area contributed by atoms with Crippen LogP contribution in [-0.2, 0) is 11.1 Å². The van der Waals surface area contributed by atoms with Gasteiger partial charge in [0.1, 0.15) is 0 Å². The topological polar surface area (TPSA) is 109 Å². The lowest BCUT2D eigenvalue weighted by atomic mass is 10.2. The molecule has 0 aliphatic rings. The molecule has 2 amide bonds. The summed E-state index contributed by atoms with van der Waals surface area (Å²) in [7, 11) is 3.75. The van der Waals surface area contributed by atoms with Crippen molar-refractivity contribution in [3.8, 4) is 0 Å².